The lowest BCUT2D eigenvalue weighted by molar-refractivity contribution is 0.171. The van der Waals surface area contributed by atoms with Gasteiger partial charge in [0.2, 0.25) is 0 Å². The van der Waals surface area contributed by atoms with E-state index in [-0.39, 0.29) is 5.41 Å². The van der Waals surface area contributed by atoms with E-state index in [1.54, 1.807) is 18.4 Å². The Morgan fingerprint density at radius 3 is 1.39 bits per heavy atom. The van der Waals surface area contributed by atoms with Crippen LogP contribution in [0.25, 0.3) is 33.0 Å². The first-order valence-corrected chi connectivity index (χ1v) is 33.1. The van der Waals surface area contributed by atoms with Crippen molar-refractivity contribution < 1.29 is 18.9 Å². The molecule has 12 rings (SSSR count). The maximum atomic E-state index is 6.19. The number of aryl methyl sites for hydroxylation is 15. The monoisotopic (exact) mass is 1210 g/mol. The molecule has 0 spiro atoms. The van der Waals surface area contributed by atoms with Crippen LogP contribution in [0.2, 0.25) is 0 Å². The van der Waals surface area contributed by atoms with Crippen molar-refractivity contribution in [2.45, 2.75) is 157 Å². The second kappa shape index (κ2) is 30.8. The summed E-state index contributed by atoms with van der Waals surface area (Å²) in [6, 6.07) is 41.3. The van der Waals surface area contributed by atoms with Crippen LogP contribution in [0.5, 0.6) is 23.0 Å². The van der Waals surface area contributed by atoms with Crippen molar-refractivity contribution >= 4 is 56.1 Å². The van der Waals surface area contributed by atoms with Gasteiger partial charge in [-0.2, -0.15) is 0 Å². The molecule has 0 saturated heterocycles. The molecule has 2 aliphatic rings. The summed E-state index contributed by atoms with van der Waals surface area (Å²) < 4.78 is 22.9. The van der Waals surface area contributed by atoms with Crippen LogP contribution in [0.3, 0.4) is 0 Å². The Morgan fingerprint density at radius 1 is 0.482 bits per heavy atom. The van der Waals surface area contributed by atoms with E-state index in [1.165, 1.54) is 122 Å². The van der Waals surface area contributed by atoms with Crippen molar-refractivity contribution in [2.75, 3.05) is 26.9 Å². The Kier molecular flexibility index (Phi) is 24.6. The van der Waals surface area contributed by atoms with E-state index in [1.807, 2.05) is 47.9 Å². The fourth-order valence-corrected chi connectivity index (χ4v) is 14.2. The Balaban J connectivity index is 0.000000176. The van der Waals surface area contributed by atoms with Gasteiger partial charge < -0.3 is 23.9 Å². The van der Waals surface area contributed by atoms with Crippen molar-refractivity contribution in [3.8, 4) is 45.3 Å². The first-order valence-electron chi connectivity index (χ1n) is 29.8. The smallest absolute Gasteiger partial charge is 0.175 e. The fourth-order valence-electron chi connectivity index (χ4n) is 10.2. The topological polar surface area (TPSA) is 52.7 Å². The third kappa shape index (κ3) is 17.9. The zero-order valence-electron chi connectivity index (χ0n) is 55.1. The van der Waals surface area contributed by atoms with Gasteiger partial charge in [0, 0.05) is 61.4 Å². The van der Waals surface area contributed by atoms with E-state index >= 15 is 0 Å². The molecule has 5 aromatic carbocycles. The number of H-pyrrole nitrogens is 1. The minimum absolute atomic E-state index is 0.0273. The molecular weight excluding hydrogens is 1120 g/mol. The van der Waals surface area contributed by atoms with Crippen LogP contribution in [0.4, 0.5) is 0 Å². The maximum absolute atomic E-state index is 6.19. The highest BCUT2D eigenvalue weighted by Crippen LogP contribution is 2.51. The molecule has 5 aromatic heterocycles. The highest BCUT2D eigenvalue weighted by molar-refractivity contribution is 7.13. The van der Waals surface area contributed by atoms with Gasteiger partial charge in [0.15, 0.2) is 11.5 Å². The average Bonchev–Trinajstić information content (AvgIpc) is 1.81. The molecule has 1 N–H and O–H groups in total. The lowest BCUT2D eigenvalue weighted by atomic mass is 9.81. The van der Waals surface area contributed by atoms with Gasteiger partial charge in [-0.1, -0.05) is 130 Å². The summed E-state index contributed by atoms with van der Waals surface area (Å²) in [6.07, 6.45) is 1.11. The summed E-state index contributed by atoms with van der Waals surface area (Å²) in [4.78, 5) is 14.2. The zero-order chi connectivity index (χ0) is 62.4. The van der Waals surface area contributed by atoms with Crippen molar-refractivity contribution in [3.63, 3.8) is 0 Å². The molecule has 85 heavy (non-hydrogen) atoms. The van der Waals surface area contributed by atoms with Gasteiger partial charge in [0.25, 0.3) is 0 Å². The van der Waals surface area contributed by atoms with Crippen LogP contribution in [-0.2, 0) is 5.41 Å². The quantitative estimate of drug-likeness (QED) is 0.180. The van der Waals surface area contributed by atoms with Crippen LogP contribution in [0.15, 0.2) is 115 Å². The Bertz CT molecular complexity index is 3640. The Morgan fingerprint density at radius 2 is 0.965 bits per heavy atom. The molecule has 0 saturated carbocycles. The van der Waals surface area contributed by atoms with Gasteiger partial charge in [-0.25, -0.2) is 0 Å². The number of hydrogen-bond acceptors (Lipinski definition) is 8. The molecule has 452 valence electrons. The number of nitrogens with one attached hydrogen (secondary N) is 1. The molecule has 6 heterocycles. The highest BCUT2D eigenvalue weighted by Gasteiger charge is 2.36. The second-order valence-electron chi connectivity index (χ2n) is 23.4. The molecule has 9 heteroatoms. The largest absolute Gasteiger partial charge is 0.496 e. The van der Waals surface area contributed by atoms with Gasteiger partial charge in [0.1, 0.15) is 24.7 Å². The summed E-state index contributed by atoms with van der Waals surface area (Å²) in [7, 11) is 1.74. The van der Waals surface area contributed by atoms with Gasteiger partial charge in [-0.3, -0.25) is 0 Å². The molecule has 0 amide bonds. The molecular formula is C76H95NO4S4. The summed E-state index contributed by atoms with van der Waals surface area (Å²) in [5, 5.41) is 2.82. The maximum Gasteiger partial charge on any atom is 0.175 e. The van der Waals surface area contributed by atoms with E-state index in [2.05, 4.69) is 252 Å². The zero-order valence-corrected chi connectivity index (χ0v) is 58.4. The van der Waals surface area contributed by atoms with Crippen LogP contribution in [0, 0.1) is 124 Å². The summed E-state index contributed by atoms with van der Waals surface area (Å²) in [5.41, 5.74) is 19.6. The third-order valence-corrected chi connectivity index (χ3v) is 20.3. The Hall–Kier alpha value is -6.36. The molecule has 0 bridgehead atoms. The number of ether oxygens (including phenoxy) is 4. The second-order valence-corrected chi connectivity index (χ2v) is 29.2. The van der Waals surface area contributed by atoms with Crippen molar-refractivity contribution in [3.05, 3.63) is 216 Å². The number of thiophene rings is 4. The van der Waals surface area contributed by atoms with Crippen LogP contribution in [0.1, 0.15) is 135 Å². The lowest BCUT2D eigenvalue weighted by Gasteiger charge is -2.23. The molecule has 0 radical (unpaired) electrons. The van der Waals surface area contributed by atoms with E-state index in [4.69, 9.17) is 18.9 Å². The van der Waals surface area contributed by atoms with E-state index in [9.17, 15) is 0 Å². The normalized spacial score (nSPS) is 12.4. The summed E-state index contributed by atoms with van der Waals surface area (Å²) >= 11 is 7.38. The van der Waals surface area contributed by atoms with Crippen molar-refractivity contribution in [2.24, 2.45) is 5.92 Å². The number of methoxy groups -OCH3 is 1. The van der Waals surface area contributed by atoms with Gasteiger partial charge in [-0.15, -0.1) is 45.3 Å². The van der Waals surface area contributed by atoms with E-state index in [0.717, 1.165) is 47.2 Å². The summed E-state index contributed by atoms with van der Waals surface area (Å²) in [5.74, 6) is 4.28. The predicted molar refractivity (Wildman–Crippen MR) is 374 cm³/mol. The molecule has 1 aliphatic heterocycles. The van der Waals surface area contributed by atoms with Crippen molar-refractivity contribution in [1.29, 1.82) is 0 Å². The molecule has 0 fully saturated rings. The number of fused-ring (bicyclic) bond motifs is 5. The Labute approximate surface area is 527 Å². The highest BCUT2D eigenvalue weighted by atomic mass is 32.1. The first kappa shape index (κ1) is 67.8. The third-order valence-electron chi connectivity index (χ3n) is 16.0. The fraction of sp³-hybridized carbons (Fsp3) is 0.368. The van der Waals surface area contributed by atoms with E-state index < -0.39 is 0 Å². The van der Waals surface area contributed by atoms with Gasteiger partial charge in [0.05, 0.1) is 13.7 Å². The number of rotatable bonds is 6. The van der Waals surface area contributed by atoms with Crippen LogP contribution in [-0.4, -0.2) is 31.9 Å². The average molecular weight is 1210 g/mol. The minimum Gasteiger partial charge on any atom is -0.496 e. The molecule has 1 aliphatic carbocycles. The molecule has 5 nitrogen and oxygen atoms in total. The molecule has 1 atom stereocenters. The number of hydrogen-bond donors (Lipinski definition) is 1. The number of benzene rings is 5. The predicted octanol–water partition coefficient (Wildman–Crippen LogP) is 23.0. The van der Waals surface area contributed by atoms with Gasteiger partial charge in [-0.05, 0) is 221 Å². The minimum atomic E-state index is -0.0273. The van der Waals surface area contributed by atoms with Crippen LogP contribution < -0.4 is 18.9 Å². The molecule has 10 aromatic rings. The summed E-state index contributed by atoms with van der Waals surface area (Å²) in [6.45, 7) is 47.4. The first-order chi connectivity index (χ1) is 40.2. The SMILES string of the molecule is CCC(C)COc1cc(-c2ccc3c(c2)C(C)(C)c2cc(C)ccc2-3)c(OC)cc1C.Cc1cc(C)c(C)s1.Cc1ccc(C)[nH]1.Cc1ccc(C)cc1.Cc1sc(C)c(C)c1C.Cc1sc(C)c2c1OCCO2.Cc1sc(C)c2ccccc12. The number of aromatic nitrogens is 1. The number of aromatic amines is 1. The van der Waals surface area contributed by atoms with Crippen molar-refractivity contribution in [1.82, 2.24) is 4.98 Å². The standard InChI is InChI=1S/C29H34O2.C10H10S.C8H10O2S.C8H12S.C8H10.C7H10S.C6H9N/c1-8-18(2)17-31-27-16-24(28(30-7)14-20(27)4)21-10-12-23-22-11-9-19(3)13-25(22)29(5,6)26(23)15-21;1-7-9-5-3-4-6-10(9)8(2)11-7;1-5-7-8(6(2)11-5)10-4-3-9-7;1-5-6(2)8(4)9-7(5)3;1-7-3-5-8(2)6-4-7;1-5-4-6(2)8-7(5)3;1-5-3-4-6(2)7-5/h9-16,18H,8,17H2,1-7H3;3-6H,1-2H3;3-4H2,1-2H3;1-4H3;3-6H,1-2H3;4H,1-3H3;3-4,7H,1-2H3. The van der Waals surface area contributed by atoms with Gasteiger partial charge >= 0.3 is 0 Å². The lowest BCUT2D eigenvalue weighted by Crippen LogP contribution is -2.15. The van der Waals surface area contributed by atoms with Crippen LogP contribution >= 0.6 is 45.3 Å². The molecule has 1 unspecified atom stereocenters. The van der Waals surface area contributed by atoms with E-state index in [0.29, 0.717) is 19.1 Å².